The molecule has 1 unspecified atom stereocenters. The third-order valence-electron chi connectivity index (χ3n) is 6.85. The van der Waals surface area contributed by atoms with Crippen LogP contribution in [0.2, 0.25) is 0 Å². The molecule has 29 heavy (non-hydrogen) atoms. The lowest BCUT2D eigenvalue weighted by atomic mass is 9.94. The smallest absolute Gasteiger partial charge is 0.409 e. The van der Waals surface area contributed by atoms with Gasteiger partial charge in [-0.05, 0) is 57.1 Å². The maximum Gasteiger partial charge on any atom is 0.409 e. The molecule has 6 heteroatoms. The zero-order valence-corrected chi connectivity index (χ0v) is 17.7. The lowest BCUT2D eigenvalue weighted by molar-refractivity contribution is -0.119. The second-order valence-electron chi connectivity index (χ2n) is 8.65. The number of para-hydroxylation sites is 1. The van der Waals surface area contributed by atoms with E-state index in [0.717, 1.165) is 64.1 Å². The van der Waals surface area contributed by atoms with Crippen LogP contribution in [-0.2, 0) is 9.53 Å². The van der Waals surface area contributed by atoms with Gasteiger partial charge in [0, 0.05) is 44.5 Å². The number of carbonyl (C=O) groups excluding carboxylic acids is 2. The molecule has 0 radical (unpaired) electrons. The van der Waals surface area contributed by atoms with E-state index in [1.54, 1.807) is 0 Å². The minimum atomic E-state index is -0.170. The van der Waals surface area contributed by atoms with E-state index in [1.807, 2.05) is 30.9 Å². The Labute approximate surface area is 173 Å². The number of piperidine rings is 2. The van der Waals surface area contributed by atoms with Gasteiger partial charge < -0.3 is 19.4 Å². The topological polar surface area (TPSA) is 53.1 Å². The summed E-state index contributed by atoms with van der Waals surface area (Å²) in [6.07, 6.45) is 4.00. The first-order chi connectivity index (χ1) is 14.1. The van der Waals surface area contributed by atoms with E-state index in [9.17, 15) is 9.59 Å². The monoisotopic (exact) mass is 399 g/mol. The number of ether oxygens (including phenoxy) is 1. The number of hydrogen-bond donors (Lipinski definition) is 0. The van der Waals surface area contributed by atoms with E-state index >= 15 is 0 Å². The van der Waals surface area contributed by atoms with Crippen molar-refractivity contribution in [2.45, 2.75) is 51.5 Å². The summed E-state index contributed by atoms with van der Waals surface area (Å²) in [5.74, 6) is 0.885. The molecule has 0 bridgehead atoms. The molecule has 0 aliphatic carbocycles. The number of amides is 2. The molecule has 3 heterocycles. The maximum absolute atomic E-state index is 12.9. The Morgan fingerprint density at radius 2 is 1.76 bits per heavy atom. The molecule has 6 nitrogen and oxygen atoms in total. The molecule has 158 valence electrons. The van der Waals surface area contributed by atoms with Gasteiger partial charge in [-0.25, -0.2) is 4.79 Å². The Morgan fingerprint density at radius 1 is 1.07 bits per heavy atom. The van der Waals surface area contributed by atoms with Crippen LogP contribution in [0, 0.1) is 5.92 Å². The molecule has 3 aliphatic heterocycles. The molecule has 2 fully saturated rings. The van der Waals surface area contributed by atoms with Crippen LogP contribution in [0.5, 0.6) is 0 Å². The Bertz CT molecular complexity index is 737. The van der Waals surface area contributed by atoms with Crippen LogP contribution in [0.1, 0.15) is 51.0 Å². The molecule has 0 saturated carbocycles. The highest BCUT2D eigenvalue weighted by Gasteiger charge is 2.39. The lowest BCUT2D eigenvalue weighted by Crippen LogP contribution is -2.48. The van der Waals surface area contributed by atoms with Gasteiger partial charge in [0.05, 0.1) is 12.5 Å². The zero-order valence-electron chi connectivity index (χ0n) is 17.7. The number of carbonyl (C=O) groups is 2. The highest BCUT2D eigenvalue weighted by molar-refractivity contribution is 6.05. The standard InChI is InChI=1S/C23H33N3O3/c1-3-29-23(28)25-14-8-18(9-15-25)16-24-12-10-19(11-13-24)26-21-7-5-4-6-20(21)17(2)22(26)27/h4-7,17-19H,3,8-16H2,1-2H3. The maximum atomic E-state index is 12.9. The number of rotatable bonds is 4. The van der Waals surface area contributed by atoms with Crippen molar-refractivity contribution in [3.63, 3.8) is 0 Å². The molecule has 1 atom stereocenters. The Morgan fingerprint density at radius 3 is 2.45 bits per heavy atom. The van der Waals surface area contributed by atoms with E-state index in [-0.39, 0.29) is 17.9 Å². The number of likely N-dealkylation sites (tertiary alicyclic amines) is 2. The second-order valence-corrected chi connectivity index (χ2v) is 8.65. The average Bonchev–Trinajstić information content (AvgIpc) is 3.00. The average molecular weight is 400 g/mol. The third kappa shape index (κ3) is 4.13. The molecule has 3 aliphatic rings. The summed E-state index contributed by atoms with van der Waals surface area (Å²) < 4.78 is 5.11. The second kappa shape index (κ2) is 8.74. The van der Waals surface area contributed by atoms with Crippen molar-refractivity contribution in [1.29, 1.82) is 0 Å². The van der Waals surface area contributed by atoms with Crippen molar-refractivity contribution in [1.82, 2.24) is 9.80 Å². The minimum absolute atomic E-state index is 0.0196. The lowest BCUT2D eigenvalue weighted by Gasteiger charge is -2.39. The predicted molar refractivity (Wildman–Crippen MR) is 113 cm³/mol. The summed E-state index contributed by atoms with van der Waals surface area (Å²) in [5, 5.41) is 0. The summed E-state index contributed by atoms with van der Waals surface area (Å²) in [6, 6.07) is 8.57. The van der Waals surface area contributed by atoms with Crippen molar-refractivity contribution in [2.75, 3.05) is 44.2 Å². The molecule has 0 N–H and O–H groups in total. The molecule has 0 aromatic heterocycles. The molecule has 2 amide bonds. The van der Waals surface area contributed by atoms with Gasteiger partial charge in [-0.2, -0.15) is 0 Å². The Hall–Kier alpha value is -2.08. The van der Waals surface area contributed by atoms with Crippen LogP contribution in [0.3, 0.4) is 0 Å². The first-order valence-corrected chi connectivity index (χ1v) is 11.1. The van der Waals surface area contributed by atoms with Gasteiger partial charge in [-0.15, -0.1) is 0 Å². The highest BCUT2D eigenvalue weighted by atomic mass is 16.6. The SMILES string of the molecule is CCOC(=O)N1CCC(CN2CCC(N3C(=O)C(C)c4ccccc43)CC2)CC1. The van der Waals surface area contributed by atoms with Gasteiger partial charge in [0.1, 0.15) is 0 Å². The summed E-state index contributed by atoms with van der Waals surface area (Å²) in [4.78, 5) is 31.2. The highest BCUT2D eigenvalue weighted by Crippen LogP contribution is 2.39. The number of hydrogen-bond acceptors (Lipinski definition) is 4. The molecule has 0 spiro atoms. The first kappa shape index (κ1) is 20.2. The normalized spacial score (nSPS) is 24.1. The van der Waals surface area contributed by atoms with Gasteiger partial charge in [0.25, 0.3) is 0 Å². The van der Waals surface area contributed by atoms with E-state index in [4.69, 9.17) is 4.74 Å². The molecular weight excluding hydrogens is 366 g/mol. The van der Waals surface area contributed by atoms with Crippen LogP contribution >= 0.6 is 0 Å². The Balaban J connectivity index is 1.27. The van der Waals surface area contributed by atoms with Crippen LogP contribution in [-0.4, -0.2) is 67.2 Å². The fourth-order valence-corrected chi connectivity index (χ4v) is 5.15. The molecule has 2 saturated heterocycles. The van der Waals surface area contributed by atoms with Crippen molar-refractivity contribution in [3.8, 4) is 0 Å². The van der Waals surface area contributed by atoms with Crippen molar-refractivity contribution in [3.05, 3.63) is 29.8 Å². The summed E-state index contributed by atoms with van der Waals surface area (Å²) in [5.41, 5.74) is 2.29. The Kier molecular flexibility index (Phi) is 6.09. The van der Waals surface area contributed by atoms with Crippen LogP contribution < -0.4 is 4.90 Å². The van der Waals surface area contributed by atoms with Crippen LogP contribution in [0.15, 0.2) is 24.3 Å². The minimum Gasteiger partial charge on any atom is -0.450 e. The first-order valence-electron chi connectivity index (χ1n) is 11.1. The predicted octanol–water partition coefficient (Wildman–Crippen LogP) is 3.47. The summed E-state index contributed by atoms with van der Waals surface area (Å²) >= 11 is 0. The van der Waals surface area contributed by atoms with Gasteiger partial charge in [0.2, 0.25) is 5.91 Å². The van der Waals surface area contributed by atoms with Crippen molar-refractivity contribution in [2.24, 2.45) is 5.92 Å². The van der Waals surface area contributed by atoms with Crippen LogP contribution in [0.4, 0.5) is 10.5 Å². The fraction of sp³-hybridized carbons (Fsp3) is 0.652. The molecule has 4 rings (SSSR count). The molecular formula is C23H33N3O3. The van der Waals surface area contributed by atoms with Crippen molar-refractivity contribution >= 4 is 17.7 Å². The van der Waals surface area contributed by atoms with Crippen molar-refractivity contribution < 1.29 is 14.3 Å². The van der Waals surface area contributed by atoms with E-state index in [2.05, 4.69) is 21.9 Å². The van der Waals surface area contributed by atoms with Gasteiger partial charge in [0.15, 0.2) is 0 Å². The number of nitrogens with zero attached hydrogens (tertiary/aromatic N) is 3. The van der Waals surface area contributed by atoms with Gasteiger partial charge >= 0.3 is 6.09 Å². The van der Waals surface area contributed by atoms with Gasteiger partial charge in [-0.1, -0.05) is 18.2 Å². The number of anilines is 1. The molecule has 1 aromatic carbocycles. The fourth-order valence-electron chi connectivity index (χ4n) is 5.15. The summed E-state index contributed by atoms with van der Waals surface area (Å²) in [7, 11) is 0. The number of fused-ring (bicyclic) bond motifs is 1. The van der Waals surface area contributed by atoms with Gasteiger partial charge in [-0.3, -0.25) is 4.79 Å². The van der Waals surface area contributed by atoms with E-state index in [0.29, 0.717) is 18.6 Å². The zero-order chi connectivity index (χ0) is 20.4. The summed E-state index contributed by atoms with van der Waals surface area (Å²) in [6.45, 7) is 9.11. The number of benzene rings is 1. The van der Waals surface area contributed by atoms with E-state index < -0.39 is 0 Å². The van der Waals surface area contributed by atoms with E-state index in [1.165, 1.54) is 5.56 Å². The largest absolute Gasteiger partial charge is 0.450 e. The molecule has 1 aromatic rings. The van der Waals surface area contributed by atoms with Crippen LogP contribution in [0.25, 0.3) is 0 Å². The third-order valence-corrected chi connectivity index (χ3v) is 6.85. The quantitative estimate of drug-likeness (QED) is 0.778.